The number of carboxylic acid groups (broad SMARTS) is 1. The summed E-state index contributed by atoms with van der Waals surface area (Å²) >= 11 is 0. The summed E-state index contributed by atoms with van der Waals surface area (Å²) in [6.07, 6.45) is -0.709. The van der Waals surface area contributed by atoms with E-state index in [-0.39, 0.29) is 12.5 Å². The highest BCUT2D eigenvalue weighted by Crippen LogP contribution is 2.25. The maximum atomic E-state index is 12.7. The van der Waals surface area contributed by atoms with Crippen molar-refractivity contribution in [2.24, 2.45) is 11.7 Å². The highest BCUT2D eigenvalue weighted by atomic mass is 16.4. The number of hydrogen-bond acceptors (Lipinski definition) is 5. The summed E-state index contributed by atoms with van der Waals surface area (Å²) in [5.74, 6) is -2.11. The van der Waals surface area contributed by atoms with E-state index in [2.05, 4.69) is 5.32 Å². The monoisotopic (exact) mass is 356 g/mol. The van der Waals surface area contributed by atoms with Gasteiger partial charge in [0, 0.05) is 19.6 Å². The first-order valence-electron chi connectivity index (χ1n) is 8.28. The zero-order chi connectivity index (χ0) is 18.7. The molecule has 10 heteroatoms. The summed E-state index contributed by atoms with van der Waals surface area (Å²) in [5.41, 5.74) is 5.17. The molecule has 2 aliphatic rings. The quantitative estimate of drug-likeness (QED) is 0.462. The second kappa shape index (κ2) is 7.68. The van der Waals surface area contributed by atoms with Crippen molar-refractivity contribution in [1.29, 1.82) is 0 Å². The van der Waals surface area contributed by atoms with Crippen LogP contribution in [-0.2, 0) is 14.4 Å². The molecule has 10 nitrogen and oxygen atoms in total. The van der Waals surface area contributed by atoms with Gasteiger partial charge in [0.1, 0.15) is 12.1 Å². The van der Waals surface area contributed by atoms with Crippen LogP contribution in [-0.4, -0.2) is 81.6 Å². The number of nitrogens with zero attached hydrogens (tertiary/aromatic N) is 2. The molecule has 2 heterocycles. The molecule has 0 saturated carbocycles. The summed E-state index contributed by atoms with van der Waals surface area (Å²) in [6, 6.07) is -1.97. The number of nitrogens with one attached hydrogen (secondary N) is 1. The number of primary amides is 1. The van der Waals surface area contributed by atoms with E-state index < -0.39 is 42.0 Å². The molecule has 140 valence electrons. The van der Waals surface area contributed by atoms with Crippen molar-refractivity contribution in [3.8, 4) is 0 Å². The van der Waals surface area contributed by atoms with E-state index in [1.54, 1.807) is 0 Å². The Morgan fingerprint density at radius 2 is 1.88 bits per heavy atom. The molecular weight excluding hydrogens is 332 g/mol. The molecular formula is C15H24N4O6. The summed E-state index contributed by atoms with van der Waals surface area (Å²) in [7, 11) is 0. The van der Waals surface area contributed by atoms with Crippen LogP contribution in [0.3, 0.4) is 0 Å². The first-order chi connectivity index (χ1) is 11.7. The maximum Gasteiger partial charge on any atom is 0.407 e. The van der Waals surface area contributed by atoms with E-state index in [0.717, 1.165) is 0 Å². The second-order valence-corrected chi connectivity index (χ2v) is 6.53. The van der Waals surface area contributed by atoms with Gasteiger partial charge in [-0.25, -0.2) is 4.79 Å². The van der Waals surface area contributed by atoms with Gasteiger partial charge in [0.05, 0.1) is 12.0 Å². The van der Waals surface area contributed by atoms with Gasteiger partial charge in [-0.1, -0.05) is 0 Å². The molecule has 25 heavy (non-hydrogen) atoms. The van der Waals surface area contributed by atoms with Crippen molar-refractivity contribution < 1.29 is 29.4 Å². The first-order valence-corrected chi connectivity index (χ1v) is 8.28. The zero-order valence-corrected chi connectivity index (χ0v) is 14.1. The summed E-state index contributed by atoms with van der Waals surface area (Å²) in [5, 5.41) is 20.9. The van der Waals surface area contributed by atoms with Crippen LogP contribution in [0.25, 0.3) is 0 Å². The van der Waals surface area contributed by atoms with Crippen molar-refractivity contribution in [1.82, 2.24) is 15.1 Å². The van der Waals surface area contributed by atoms with Gasteiger partial charge in [-0.2, -0.15) is 0 Å². The Hall–Kier alpha value is -2.36. The molecule has 0 aromatic heterocycles. The molecule has 5 N–H and O–H groups in total. The number of nitrogens with two attached hydrogens (primary N) is 1. The Kier molecular flexibility index (Phi) is 5.83. The van der Waals surface area contributed by atoms with Crippen molar-refractivity contribution in [2.75, 3.05) is 19.6 Å². The molecule has 2 saturated heterocycles. The third-order valence-electron chi connectivity index (χ3n) is 4.73. The van der Waals surface area contributed by atoms with Gasteiger partial charge < -0.3 is 31.1 Å². The van der Waals surface area contributed by atoms with Gasteiger partial charge in [0.25, 0.3) is 0 Å². The number of amides is 4. The lowest BCUT2D eigenvalue weighted by Gasteiger charge is -2.28. The Balaban J connectivity index is 2.02. The Morgan fingerprint density at radius 1 is 1.20 bits per heavy atom. The van der Waals surface area contributed by atoms with E-state index in [1.807, 2.05) is 0 Å². The average molecular weight is 356 g/mol. The van der Waals surface area contributed by atoms with Crippen molar-refractivity contribution in [2.45, 2.75) is 44.4 Å². The minimum Gasteiger partial charge on any atom is -0.465 e. The number of carbonyl (C=O) groups excluding carboxylic acids is 3. The fourth-order valence-electron chi connectivity index (χ4n) is 3.35. The normalized spacial score (nSPS) is 25.5. The zero-order valence-electron chi connectivity index (χ0n) is 14.1. The lowest BCUT2D eigenvalue weighted by molar-refractivity contribution is -0.142. The molecule has 0 aromatic carbocycles. The number of likely N-dealkylation sites (tertiary alicyclic amines) is 2. The van der Waals surface area contributed by atoms with Gasteiger partial charge in [-0.05, 0) is 26.2 Å². The fraction of sp³-hybridized carbons (Fsp3) is 0.733. The second-order valence-electron chi connectivity index (χ2n) is 6.53. The lowest BCUT2D eigenvalue weighted by Crippen LogP contribution is -2.56. The largest absolute Gasteiger partial charge is 0.465 e. The number of aliphatic hydroxyl groups is 1. The van der Waals surface area contributed by atoms with Crippen LogP contribution >= 0.6 is 0 Å². The Bertz CT molecular complexity index is 566. The number of rotatable bonds is 5. The lowest BCUT2D eigenvalue weighted by atomic mass is 10.1. The molecule has 4 amide bonds. The molecule has 0 spiro atoms. The summed E-state index contributed by atoms with van der Waals surface area (Å²) in [6.45, 7) is 2.15. The molecule has 4 atom stereocenters. The highest BCUT2D eigenvalue weighted by molar-refractivity contribution is 5.92. The van der Waals surface area contributed by atoms with E-state index >= 15 is 0 Å². The summed E-state index contributed by atoms with van der Waals surface area (Å²) in [4.78, 5) is 50.0. The smallest absolute Gasteiger partial charge is 0.407 e. The van der Waals surface area contributed by atoms with Crippen LogP contribution in [0.1, 0.15) is 26.2 Å². The molecule has 2 aliphatic heterocycles. The third-order valence-corrected chi connectivity index (χ3v) is 4.73. The van der Waals surface area contributed by atoms with Crippen LogP contribution in [0.4, 0.5) is 4.79 Å². The third kappa shape index (κ3) is 4.19. The summed E-state index contributed by atoms with van der Waals surface area (Å²) < 4.78 is 0. The van der Waals surface area contributed by atoms with Gasteiger partial charge in [0.2, 0.25) is 17.7 Å². The van der Waals surface area contributed by atoms with Crippen molar-refractivity contribution in [3.05, 3.63) is 0 Å². The molecule has 2 unspecified atom stereocenters. The number of carbonyl (C=O) groups is 4. The van der Waals surface area contributed by atoms with Gasteiger partial charge >= 0.3 is 6.09 Å². The van der Waals surface area contributed by atoms with E-state index in [1.165, 1.54) is 16.7 Å². The van der Waals surface area contributed by atoms with Gasteiger partial charge in [-0.3, -0.25) is 14.4 Å². The predicted octanol–water partition coefficient (Wildman–Crippen LogP) is -1.67. The Labute approximate surface area is 144 Å². The first kappa shape index (κ1) is 19.0. The topological polar surface area (TPSA) is 153 Å². The molecule has 2 rings (SSSR count). The Morgan fingerprint density at radius 3 is 2.40 bits per heavy atom. The van der Waals surface area contributed by atoms with Crippen LogP contribution in [0.5, 0.6) is 0 Å². The SMILES string of the molecule is C[C@@H](O)[C@H](NC(=O)C1CCCN1C(=O)C1CCN(C(=O)O)C1)C(N)=O. The van der Waals surface area contributed by atoms with Crippen LogP contribution in [0.2, 0.25) is 0 Å². The molecule has 0 aliphatic carbocycles. The maximum absolute atomic E-state index is 12.7. The fourth-order valence-corrected chi connectivity index (χ4v) is 3.35. The van der Waals surface area contributed by atoms with Crippen LogP contribution < -0.4 is 11.1 Å². The number of aliphatic hydroxyl groups excluding tert-OH is 1. The van der Waals surface area contributed by atoms with Gasteiger partial charge in [0.15, 0.2) is 0 Å². The van der Waals surface area contributed by atoms with E-state index in [0.29, 0.717) is 32.4 Å². The van der Waals surface area contributed by atoms with Crippen LogP contribution in [0, 0.1) is 5.92 Å². The standard InChI is InChI=1S/C15H24N4O6/c1-8(20)11(12(16)21)17-13(22)10-3-2-5-19(10)14(23)9-4-6-18(7-9)15(24)25/h8-11,20H,2-7H2,1H3,(H2,16,21)(H,17,22)(H,24,25)/t8-,9?,10?,11+/m1/s1. The number of hydrogen-bond donors (Lipinski definition) is 4. The minimum absolute atomic E-state index is 0.122. The minimum atomic E-state index is -1.22. The molecule has 2 fully saturated rings. The molecule has 0 bridgehead atoms. The molecule has 0 radical (unpaired) electrons. The van der Waals surface area contributed by atoms with Crippen molar-refractivity contribution in [3.63, 3.8) is 0 Å². The van der Waals surface area contributed by atoms with E-state index in [4.69, 9.17) is 10.8 Å². The van der Waals surface area contributed by atoms with Crippen LogP contribution in [0.15, 0.2) is 0 Å². The van der Waals surface area contributed by atoms with Crippen molar-refractivity contribution >= 4 is 23.8 Å². The molecule has 0 aromatic rings. The predicted molar refractivity (Wildman–Crippen MR) is 85.2 cm³/mol. The van der Waals surface area contributed by atoms with Gasteiger partial charge in [-0.15, -0.1) is 0 Å². The average Bonchev–Trinajstić information content (AvgIpc) is 3.19. The van der Waals surface area contributed by atoms with E-state index in [9.17, 15) is 24.3 Å². The highest BCUT2D eigenvalue weighted by Gasteiger charge is 2.41.